The summed E-state index contributed by atoms with van der Waals surface area (Å²) in [6.45, 7) is 5.82. The number of thioether (sulfide) groups is 1. The zero-order valence-electron chi connectivity index (χ0n) is 18.1. The molecule has 1 aromatic heterocycles. The maximum atomic E-state index is 13.0. The van der Waals surface area contributed by atoms with Gasteiger partial charge >= 0.3 is 0 Å². The highest BCUT2D eigenvalue weighted by molar-refractivity contribution is 8.00. The van der Waals surface area contributed by atoms with E-state index in [0.29, 0.717) is 11.0 Å². The molecule has 0 radical (unpaired) electrons. The Morgan fingerprint density at radius 1 is 0.938 bits per heavy atom. The first-order chi connectivity index (χ1) is 15.4. The summed E-state index contributed by atoms with van der Waals surface area (Å²) in [7, 11) is 0. The van der Waals surface area contributed by atoms with E-state index in [9.17, 15) is 9.90 Å². The molecule has 0 aliphatic heterocycles. The second-order valence-electron chi connectivity index (χ2n) is 7.54. The van der Waals surface area contributed by atoms with Crippen molar-refractivity contribution in [1.82, 2.24) is 14.8 Å². The number of para-hydroxylation sites is 2. The first-order valence-corrected chi connectivity index (χ1v) is 11.2. The van der Waals surface area contributed by atoms with Crippen LogP contribution in [0.3, 0.4) is 0 Å². The van der Waals surface area contributed by atoms with E-state index < -0.39 is 5.25 Å². The minimum Gasteiger partial charge on any atom is -0.508 e. The van der Waals surface area contributed by atoms with Crippen molar-refractivity contribution in [3.8, 4) is 22.8 Å². The molecule has 7 heteroatoms. The van der Waals surface area contributed by atoms with Gasteiger partial charge in [-0.05, 0) is 68.3 Å². The fraction of sp³-hybridized carbons (Fsp3) is 0.160. The zero-order valence-corrected chi connectivity index (χ0v) is 18.9. The van der Waals surface area contributed by atoms with E-state index in [1.165, 1.54) is 11.8 Å². The van der Waals surface area contributed by atoms with Crippen molar-refractivity contribution in [3.05, 3.63) is 83.9 Å². The summed E-state index contributed by atoms with van der Waals surface area (Å²) in [4.78, 5) is 13.0. The first-order valence-electron chi connectivity index (χ1n) is 10.3. The number of benzene rings is 3. The third kappa shape index (κ3) is 4.53. The van der Waals surface area contributed by atoms with Crippen molar-refractivity contribution in [1.29, 1.82) is 0 Å². The number of aromatic hydroxyl groups is 1. The maximum absolute atomic E-state index is 13.0. The Kier molecular flexibility index (Phi) is 6.28. The van der Waals surface area contributed by atoms with Gasteiger partial charge in [-0.3, -0.25) is 9.36 Å². The molecular weight excluding hydrogens is 420 g/mol. The van der Waals surface area contributed by atoms with Crippen LogP contribution in [0.25, 0.3) is 17.1 Å². The number of carbonyl (C=O) groups is 1. The fourth-order valence-electron chi connectivity index (χ4n) is 3.40. The number of aryl methyl sites for hydroxylation is 2. The van der Waals surface area contributed by atoms with Crippen molar-refractivity contribution in [3.63, 3.8) is 0 Å². The lowest BCUT2D eigenvalue weighted by atomic mass is 10.1. The number of rotatable bonds is 6. The lowest BCUT2D eigenvalue weighted by Crippen LogP contribution is -2.23. The summed E-state index contributed by atoms with van der Waals surface area (Å²) in [6.07, 6.45) is 0. The van der Waals surface area contributed by atoms with Gasteiger partial charge in [0, 0.05) is 16.9 Å². The van der Waals surface area contributed by atoms with E-state index in [4.69, 9.17) is 0 Å². The topological polar surface area (TPSA) is 80.0 Å². The Balaban J connectivity index is 1.65. The average Bonchev–Trinajstić information content (AvgIpc) is 3.20. The number of phenols is 1. The van der Waals surface area contributed by atoms with Crippen LogP contribution in [0.4, 0.5) is 5.69 Å². The highest BCUT2D eigenvalue weighted by Gasteiger charge is 2.22. The summed E-state index contributed by atoms with van der Waals surface area (Å²) < 4.78 is 1.93. The quantitative estimate of drug-likeness (QED) is 0.391. The molecular formula is C25H24N4O2S. The molecule has 4 rings (SSSR count). The largest absolute Gasteiger partial charge is 0.508 e. The summed E-state index contributed by atoms with van der Waals surface area (Å²) in [5.74, 6) is 0.730. The average molecular weight is 445 g/mol. The number of nitrogens with zero attached hydrogens (tertiary/aromatic N) is 3. The second kappa shape index (κ2) is 9.28. The van der Waals surface area contributed by atoms with Crippen LogP contribution in [0, 0.1) is 13.8 Å². The van der Waals surface area contributed by atoms with Gasteiger partial charge in [0.1, 0.15) is 5.75 Å². The van der Waals surface area contributed by atoms with Gasteiger partial charge in [0.15, 0.2) is 11.0 Å². The minimum atomic E-state index is -0.395. The van der Waals surface area contributed by atoms with Crippen LogP contribution < -0.4 is 5.32 Å². The monoisotopic (exact) mass is 444 g/mol. The Morgan fingerprint density at radius 2 is 1.59 bits per heavy atom. The van der Waals surface area contributed by atoms with Crippen molar-refractivity contribution in [2.24, 2.45) is 0 Å². The number of phenolic OH excluding ortho intramolecular Hbond substituents is 1. The summed E-state index contributed by atoms with van der Waals surface area (Å²) >= 11 is 1.35. The smallest absolute Gasteiger partial charge is 0.237 e. The molecule has 0 aliphatic carbocycles. The highest BCUT2D eigenvalue weighted by Crippen LogP contribution is 2.31. The van der Waals surface area contributed by atoms with Crippen LogP contribution in [0.2, 0.25) is 0 Å². The number of hydrogen-bond acceptors (Lipinski definition) is 5. The van der Waals surface area contributed by atoms with Crippen LogP contribution in [0.1, 0.15) is 18.1 Å². The molecule has 0 bridgehead atoms. The lowest BCUT2D eigenvalue weighted by molar-refractivity contribution is -0.115. The van der Waals surface area contributed by atoms with E-state index in [0.717, 1.165) is 28.1 Å². The molecule has 1 heterocycles. The molecule has 0 fully saturated rings. The minimum absolute atomic E-state index is 0.0961. The van der Waals surface area contributed by atoms with Gasteiger partial charge in [-0.25, -0.2) is 0 Å². The number of anilines is 1. The van der Waals surface area contributed by atoms with Gasteiger partial charge in [0.25, 0.3) is 0 Å². The SMILES string of the molecule is Cc1cccc(C)c1NC(=O)[C@H](C)Sc1nnc(-c2ccc(O)cc2)n1-c1ccccc1. The van der Waals surface area contributed by atoms with Crippen molar-refractivity contribution in [2.45, 2.75) is 31.2 Å². The van der Waals surface area contributed by atoms with Gasteiger partial charge < -0.3 is 10.4 Å². The molecule has 162 valence electrons. The molecule has 4 aromatic rings. The third-order valence-electron chi connectivity index (χ3n) is 5.15. The molecule has 0 saturated carbocycles. The molecule has 0 aliphatic rings. The number of amides is 1. The molecule has 6 nitrogen and oxygen atoms in total. The van der Waals surface area contributed by atoms with E-state index >= 15 is 0 Å². The number of hydrogen-bond donors (Lipinski definition) is 2. The molecule has 0 unspecified atom stereocenters. The molecule has 32 heavy (non-hydrogen) atoms. The van der Waals surface area contributed by atoms with Gasteiger partial charge in [-0.15, -0.1) is 10.2 Å². The van der Waals surface area contributed by atoms with E-state index in [2.05, 4.69) is 15.5 Å². The first kappa shape index (κ1) is 21.6. The maximum Gasteiger partial charge on any atom is 0.237 e. The zero-order chi connectivity index (χ0) is 22.7. The molecule has 1 amide bonds. The molecule has 1 atom stereocenters. The van der Waals surface area contributed by atoms with Gasteiger partial charge in [0.2, 0.25) is 5.91 Å². The van der Waals surface area contributed by atoms with E-state index in [-0.39, 0.29) is 11.7 Å². The molecule has 0 spiro atoms. The van der Waals surface area contributed by atoms with E-state index in [1.807, 2.05) is 73.9 Å². The predicted octanol–water partition coefficient (Wildman–Crippen LogP) is 5.38. The van der Waals surface area contributed by atoms with Crippen LogP contribution in [0.5, 0.6) is 5.75 Å². The fourth-order valence-corrected chi connectivity index (χ4v) is 4.27. The summed E-state index contributed by atoms with van der Waals surface area (Å²) in [5, 5.41) is 21.7. The van der Waals surface area contributed by atoms with Gasteiger partial charge in [0.05, 0.1) is 5.25 Å². The highest BCUT2D eigenvalue weighted by atomic mass is 32.2. The Bertz CT molecular complexity index is 1220. The standard InChI is InChI=1S/C25H24N4O2S/c1-16-8-7-9-17(2)22(16)26-24(31)18(3)32-25-28-27-23(19-12-14-21(30)15-13-19)29(25)20-10-5-4-6-11-20/h4-15,18,30H,1-3H3,(H,26,31)/t18-/m0/s1. The van der Waals surface area contributed by atoms with Crippen molar-refractivity contribution >= 4 is 23.4 Å². The van der Waals surface area contributed by atoms with Gasteiger partial charge in [-0.1, -0.05) is 48.2 Å². The van der Waals surface area contributed by atoms with Crippen molar-refractivity contribution in [2.75, 3.05) is 5.32 Å². The Hall–Kier alpha value is -3.58. The summed E-state index contributed by atoms with van der Waals surface area (Å²) in [6, 6.07) is 22.6. The predicted molar refractivity (Wildman–Crippen MR) is 128 cm³/mol. The second-order valence-corrected chi connectivity index (χ2v) is 8.85. The van der Waals surface area contributed by atoms with Crippen LogP contribution >= 0.6 is 11.8 Å². The molecule has 0 saturated heterocycles. The van der Waals surface area contributed by atoms with Crippen LogP contribution in [0.15, 0.2) is 78.0 Å². The van der Waals surface area contributed by atoms with Crippen molar-refractivity contribution < 1.29 is 9.90 Å². The Labute approximate surface area is 191 Å². The third-order valence-corrected chi connectivity index (χ3v) is 6.20. The number of carbonyl (C=O) groups excluding carboxylic acids is 1. The Morgan fingerprint density at radius 3 is 2.25 bits per heavy atom. The molecule has 3 aromatic carbocycles. The number of nitrogens with one attached hydrogen (secondary N) is 1. The number of aromatic nitrogens is 3. The normalized spacial score (nSPS) is 11.8. The molecule has 2 N–H and O–H groups in total. The van der Waals surface area contributed by atoms with Crippen LogP contribution in [-0.4, -0.2) is 31.0 Å². The van der Waals surface area contributed by atoms with E-state index in [1.54, 1.807) is 24.3 Å². The summed E-state index contributed by atoms with van der Waals surface area (Å²) in [5.41, 5.74) is 4.61. The lowest BCUT2D eigenvalue weighted by Gasteiger charge is -2.16. The van der Waals surface area contributed by atoms with Crippen LogP contribution in [-0.2, 0) is 4.79 Å². The van der Waals surface area contributed by atoms with Gasteiger partial charge in [-0.2, -0.15) is 0 Å².